The zero-order valence-electron chi connectivity index (χ0n) is 10.00. The van der Waals surface area contributed by atoms with Gasteiger partial charge in [0.25, 0.3) is 0 Å². The lowest BCUT2D eigenvalue weighted by atomic mass is 10.0. The average Bonchev–Trinajstić information content (AvgIpc) is 2.22. The normalized spacial score (nSPS) is 11.4. The number of aliphatic carboxylic acids is 1. The van der Waals surface area contributed by atoms with Crippen molar-refractivity contribution in [1.82, 2.24) is 0 Å². The van der Waals surface area contributed by atoms with Crippen molar-refractivity contribution in [3.8, 4) is 5.75 Å². The Kier molecular flexibility index (Phi) is 3.72. The molecule has 1 rings (SSSR count). The van der Waals surface area contributed by atoms with Gasteiger partial charge in [-0.25, -0.2) is 4.79 Å². The Hall–Kier alpha value is -1.77. The molecule has 0 aliphatic heterocycles. The van der Waals surface area contributed by atoms with Crippen LogP contribution in [-0.4, -0.2) is 18.2 Å². The fraction of sp³-hybridized carbons (Fsp3) is 0.308. The third kappa shape index (κ3) is 2.63. The maximum Gasteiger partial charge on any atom is 0.331 e. The molecule has 0 heterocycles. The van der Waals surface area contributed by atoms with E-state index in [2.05, 4.69) is 0 Å². The lowest BCUT2D eigenvalue weighted by Gasteiger charge is -2.09. The monoisotopic (exact) mass is 220 g/mol. The number of aryl methyl sites for hydroxylation is 2. The third-order valence-electron chi connectivity index (χ3n) is 2.49. The summed E-state index contributed by atoms with van der Waals surface area (Å²) in [5, 5.41) is 8.81. The quantitative estimate of drug-likeness (QED) is 0.797. The summed E-state index contributed by atoms with van der Waals surface area (Å²) in [5.41, 5.74) is 3.24. The molecule has 3 nitrogen and oxygen atoms in total. The highest BCUT2D eigenvalue weighted by atomic mass is 16.5. The zero-order chi connectivity index (χ0) is 12.3. The first-order chi connectivity index (χ1) is 7.45. The molecule has 1 N–H and O–H groups in total. The second-order valence-electron chi connectivity index (χ2n) is 3.81. The summed E-state index contributed by atoms with van der Waals surface area (Å²) in [5.74, 6) is -0.0736. The van der Waals surface area contributed by atoms with Crippen LogP contribution in [0.4, 0.5) is 0 Å². The summed E-state index contributed by atoms with van der Waals surface area (Å²) in [6.45, 7) is 5.45. The Bertz CT molecular complexity index is 445. The van der Waals surface area contributed by atoms with Crippen LogP contribution in [0.2, 0.25) is 0 Å². The van der Waals surface area contributed by atoms with Gasteiger partial charge in [0.15, 0.2) is 0 Å². The van der Waals surface area contributed by atoms with Gasteiger partial charge in [0.05, 0.1) is 7.11 Å². The van der Waals surface area contributed by atoms with E-state index in [4.69, 9.17) is 9.84 Å². The lowest BCUT2D eigenvalue weighted by Crippen LogP contribution is -1.97. The van der Waals surface area contributed by atoms with Gasteiger partial charge in [-0.05, 0) is 55.7 Å². The van der Waals surface area contributed by atoms with E-state index in [0.717, 1.165) is 22.4 Å². The molecule has 3 heteroatoms. The summed E-state index contributed by atoms with van der Waals surface area (Å²) < 4.78 is 5.20. The van der Waals surface area contributed by atoms with E-state index >= 15 is 0 Å². The molecule has 0 aromatic heterocycles. The van der Waals surface area contributed by atoms with Gasteiger partial charge in [0.1, 0.15) is 5.75 Å². The first kappa shape index (κ1) is 12.3. The van der Waals surface area contributed by atoms with Crippen molar-refractivity contribution < 1.29 is 14.6 Å². The first-order valence-corrected chi connectivity index (χ1v) is 5.02. The van der Waals surface area contributed by atoms with E-state index in [1.54, 1.807) is 20.1 Å². The Balaban J connectivity index is 3.21. The lowest BCUT2D eigenvalue weighted by molar-refractivity contribution is -0.132. The van der Waals surface area contributed by atoms with Gasteiger partial charge in [-0.3, -0.25) is 0 Å². The SMILES string of the molecule is COc1cc(C)c(/C=C(\C)C(=O)O)cc1C. The molecule has 0 bridgehead atoms. The fourth-order valence-electron chi connectivity index (χ4n) is 1.48. The molecule has 1 aromatic carbocycles. The van der Waals surface area contributed by atoms with E-state index in [1.807, 2.05) is 26.0 Å². The van der Waals surface area contributed by atoms with Crippen molar-refractivity contribution in [3.05, 3.63) is 34.4 Å². The number of hydrogen-bond acceptors (Lipinski definition) is 2. The molecule has 0 fully saturated rings. The molecule has 0 aliphatic rings. The number of methoxy groups -OCH3 is 1. The predicted molar refractivity (Wildman–Crippen MR) is 63.8 cm³/mol. The smallest absolute Gasteiger partial charge is 0.331 e. The van der Waals surface area contributed by atoms with Crippen LogP contribution in [0.1, 0.15) is 23.6 Å². The molecule has 1 aromatic rings. The van der Waals surface area contributed by atoms with Crippen LogP contribution < -0.4 is 4.74 Å². The van der Waals surface area contributed by atoms with Crippen LogP contribution in [0.3, 0.4) is 0 Å². The van der Waals surface area contributed by atoms with Crippen molar-refractivity contribution in [2.75, 3.05) is 7.11 Å². The van der Waals surface area contributed by atoms with E-state index in [1.165, 1.54) is 0 Å². The number of carbonyl (C=O) groups is 1. The summed E-state index contributed by atoms with van der Waals surface area (Å²) in [6, 6.07) is 3.84. The van der Waals surface area contributed by atoms with Crippen LogP contribution in [0.25, 0.3) is 6.08 Å². The number of carboxylic acid groups (broad SMARTS) is 1. The zero-order valence-corrected chi connectivity index (χ0v) is 10.00. The van der Waals surface area contributed by atoms with E-state index in [-0.39, 0.29) is 0 Å². The molecule has 0 radical (unpaired) electrons. The van der Waals surface area contributed by atoms with E-state index < -0.39 is 5.97 Å². The highest BCUT2D eigenvalue weighted by molar-refractivity contribution is 5.91. The summed E-state index contributed by atoms with van der Waals surface area (Å²) in [7, 11) is 1.62. The van der Waals surface area contributed by atoms with Gasteiger partial charge >= 0.3 is 5.97 Å². The topological polar surface area (TPSA) is 46.5 Å². The van der Waals surface area contributed by atoms with Gasteiger partial charge < -0.3 is 9.84 Å². The van der Waals surface area contributed by atoms with E-state index in [0.29, 0.717) is 5.57 Å². The maximum atomic E-state index is 10.7. The highest BCUT2D eigenvalue weighted by Gasteiger charge is 2.05. The van der Waals surface area contributed by atoms with Crippen molar-refractivity contribution in [2.45, 2.75) is 20.8 Å². The molecule has 0 aliphatic carbocycles. The standard InChI is InChI=1S/C13H16O3/c1-8-7-12(16-4)9(2)5-11(8)6-10(3)13(14)15/h5-7H,1-4H3,(H,14,15)/b10-6+. The third-order valence-corrected chi connectivity index (χ3v) is 2.49. The summed E-state index contributed by atoms with van der Waals surface area (Å²) >= 11 is 0. The minimum atomic E-state index is -0.895. The second-order valence-corrected chi connectivity index (χ2v) is 3.81. The van der Waals surface area contributed by atoms with Gasteiger partial charge in [-0.15, -0.1) is 0 Å². The Morgan fingerprint density at radius 2 is 1.94 bits per heavy atom. The van der Waals surface area contributed by atoms with Crippen molar-refractivity contribution in [3.63, 3.8) is 0 Å². The number of ether oxygens (including phenoxy) is 1. The molecule has 0 amide bonds. The molecule has 0 atom stereocenters. The van der Waals surface area contributed by atoms with E-state index in [9.17, 15) is 4.79 Å². The van der Waals surface area contributed by atoms with Gasteiger partial charge in [-0.1, -0.05) is 0 Å². The maximum absolute atomic E-state index is 10.7. The van der Waals surface area contributed by atoms with Gasteiger partial charge in [-0.2, -0.15) is 0 Å². The average molecular weight is 220 g/mol. The van der Waals surface area contributed by atoms with Crippen LogP contribution in [0.5, 0.6) is 5.75 Å². The van der Waals surface area contributed by atoms with Crippen LogP contribution in [0, 0.1) is 13.8 Å². The molecule has 0 unspecified atom stereocenters. The largest absolute Gasteiger partial charge is 0.496 e. The molecule has 0 saturated carbocycles. The number of hydrogen-bond donors (Lipinski definition) is 1. The molecule has 0 saturated heterocycles. The summed E-state index contributed by atoms with van der Waals surface area (Å²) in [6.07, 6.45) is 1.67. The fourth-order valence-corrected chi connectivity index (χ4v) is 1.48. The second kappa shape index (κ2) is 4.84. The number of rotatable bonds is 3. The van der Waals surface area contributed by atoms with Gasteiger partial charge in [0.2, 0.25) is 0 Å². The molecular formula is C13H16O3. The Labute approximate surface area is 95.4 Å². The molecule has 86 valence electrons. The molecule has 16 heavy (non-hydrogen) atoms. The Morgan fingerprint density at radius 1 is 1.31 bits per heavy atom. The predicted octanol–water partition coefficient (Wildman–Crippen LogP) is 2.80. The van der Waals surface area contributed by atoms with Crippen LogP contribution in [0.15, 0.2) is 17.7 Å². The minimum absolute atomic E-state index is 0.327. The number of carboxylic acids is 1. The summed E-state index contributed by atoms with van der Waals surface area (Å²) in [4.78, 5) is 10.7. The van der Waals surface area contributed by atoms with Crippen LogP contribution in [-0.2, 0) is 4.79 Å². The number of benzene rings is 1. The minimum Gasteiger partial charge on any atom is -0.496 e. The molecular weight excluding hydrogens is 204 g/mol. The highest BCUT2D eigenvalue weighted by Crippen LogP contribution is 2.24. The van der Waals surface area contributed by atoms with Crippen molar-refractivity contribution >= 4 is 12.0 Å². The van der Waals surface area contributed by atoms with Crippen molar-refractivity contribution in [1.29, 1.82) is 0 Å². The van der Waals surface area contributed by atoms with Crippen LogP contribution >= 0.6 is 0 Å². The first-order valence-electron chi connectivity index (χ1n) is 5.02. The van der Waals surface area contributed by atoms with Crippen molar-refractivity contribution in [2.24, 2.45) is 0 Å². The molecule has 0 spiro atoms. The Morgan fingerprint density at radius 3 is 2.44 bits per heavy atom. The van der Waals surface area contributed by atoms with Gasteiger partial charge in [0, 0.05) is 5.57 Å².